The lowest BCUT2D eigenvalue weighted by molar-refractivity contribution is 0.0633. The van der Waals surface area contributed by atoms with Crippen LogP contribution >= 0.6 is 0 Å². The molecule has 1 aromatic carbocycles. The molecule has 0 radical (unpaired) electrons. The van der Waals surface area contributed by atoms with Gasteiger partial charge in [0.05, 0.1) is 12.7 Å². The molecular formula is C15H23NO3. The van der Waals surface area contributed by atoms with Crippen LogP contribution in [0.15, 0.2) is 24.3 Å². The molecule has 19 heavy (non-hydrogen) atoms. The molecule has 0 aromatic heterocycles. The lowest BCUT2D eigenvalue weighted by Gasteiger charge is -2.29. The molecule has 106 valence electrons. The van der Waals surface area contributed by atoms with Crippen molar-refractivity contribution in [2.75, 3.05) is 32.8 Å². The summed E-state index contributed by atoms with van der Waals surface area (Å²) < 4.78 is 11.1. The molecule has 0 saturated carbocycles. The van der Waals surface area contributed by atoms with Crippen molar-refractivity contribution < 1.29 is 14.6 Å². The molecule has 0 amide bonds. The van der Waals surface area contributed by atoms with Gasteiger partial charge in [0.25, 0.3) is 0 Å². The normalized spacial score (nSPS) is 20.2. The van der Waals surface area contributed by atoms with Gasteiger partial charge in [-0.3, -0.25) is 4.90 Å². The van der Waals surface area contributed by atoms with Crippen LogP contribution in [-0.4, -0.2) is 49.0 Å². The van der Waals surface area contributed by atoms with E-state index in [4.69, 9.17) is 9.47 Å². The highest BCUT2D eigenvalue weighted by atomic mass is 16.5. The van der Waals surface area contributed by atoms with Crippen LogP contribution in [0, 0.1) is 0 Å². The summed E-state index contributed by atoms with van der Waals surface area (Å²) in [6, 6.07) is 7.69. The number of likely N-dealkylation sites (tertiary alicyclic amines) is 1. The van der Waals surface area contributed by atoms with E-state index in [0.717, 1.165) is 44.0 Å². The maximum atomic E-state index is 9.58. The molecule has 1 aliphatic heterocycles. The highest BCUT2D eigenvalue weighted by molar-refractivity contribution is 5.31. The van der Waals surface area contributed by atoms with Gasteiger partial charge in [-0.15, -0.1) is 0 Å². The van der Waals surface area contributed by atoms with Crippen LogP contribution in [0.5, 0.6) is 11.5 Å². The highest BCUT2D eigenvalue weighted by Crippen LogP contribution is 2.17. The lowest BCUT2D eigenvalue weighted by Crippen LogP contribution is -2.40. The van der Waals surface area contributed by atoms with Crippen molar-refractivity contribution in [2.24, 2.45) is 0 Å². The number of aliphatic hydroxyl groups excluding tert-OH is 1. The van der Waals surface area contributed by atoms with Crippen molar-refractivity contribution in [1.82, 2.24) is 4.90 Å². The third-order valence-electron chi connectivity index (χ3n) is 3.29. The lowest BCUT2D eigenvalue weighted by atomic mass is 10.1. The first-order valence-corrected chi connectivity index (χ1v) is 7.04. The van der Waals surface area contributed by atoms with E-state index in [1.165, 1.54) is 0 Å². The van der Waals surface area contributed by atoms with Gasteiger partial charge >= 0.3 is 0 Å². The third kappa shape index (κ3) is 4.73. The zero-order valence-electron chi connectivity index (χ0n) is 11.5. The first-order chi connectivity index (χ1) is 9.28. The first-order valence-electron chi connectivity index (χ1n) is 7.04. The number of piperidine rings is 1. The van der Waals surface area contributed by atoms with Crippen LogP contribution in [0.4, 0.5) is 0 Å². The van der Waals surface area contributed by atoms with Crippen LogP contribution in [0.2, 0.25) is 0 Å². The molecule has 1 heterocycles. The van der Waals surface area contributed by atoms with Crippen molar-refractivity contribution in [3.05, 3.63) is 24.3 Å². The van der Waals surface area contributed by atoms with Crippen LogP contribution in [0.3, 0.4) is 0 Å². The average molecular weight is 265 g/mol. The summed E-state index contributed by atoms with van der Waals surface area (Å²) >= 11 is 0. The monoisotopic (exact) mass is 265 g/mol. The number of benzene rings is 1. The Morgan fingerprint density at radius 2 is 1.89 bits per heavy atom. The molecule has 1 atom stereocenters. The molecule has 2 rings (SSSR count). The number of aliphatic hydroxyl groups is 1. The number of ether oxygens (including phenoxy) is 2. The maximum Gasteiger partial charge on any atom is 0.119 e. The summed E-state index contributed by atoms with van der Waals surface area (Å²) in [5.74, 6) is 1.73. The Hall–Kier alpha value is -1.26. The Morgan fingerprint density at radius 1 is 1.21 bits per heavy atom. The second-order valence-corrected chi connectivity index (χ2v) is 4.85. The Kier molecular flexibility index (Phi) is 5.48. The van der Waals surface area contributed by atoms with E-state index in [9.17, 15) is 5.11 Å². The van der Waals surface area contributed by atoms with Gasteiger partial charge < -0.3 is 14.6 Å². The van der Waals surface area contributed by atoms with Gasteiger partial charge in [-0.05, 0) is 50.6 Å². The molecule has 4 heteroatoms. The fourth-order valence-corrected chi connectivity index (χ4v) is 2.33. The van der Waals surface area contributed by atoms with Crippen molar-refractivity contribution in [3.8, 4) is 11.5 Å². The Labute approximate surface area is 114 Å². The van der Waals surface area contributed by atoms with Crippen LogP contribution in [0.1, 0.15) is 19.8 Å². The summed E-state index contributed by atoms with van der Waals surface area (Å²) in [4.78, 5) is 2.25. The molecule has 1 unspecified atom stereocenters. The largest absolute Gasteiger partial charge is 0.494 e. The number of rotatable bonds is 6. The minimum atomic E-state index is -0.167. The van der Waals surface area contributed by atoms with Gasteiger partial charge in [-0.2, -0.15) is 0 Å². The second kappa shape index (κ2) is 7.36. The van der Waals surface area contributed by atoms with E-state index in [-0.39, 0.29) is 6.10 Å². The van der Waals surface area contributed by atoms with Crippen LogP contribution < -0.4 is 9.47 Å². The summed E-state index contributed by atoms with van der Waals surface area (Å²) in [7, 11) is 0. The van der Waals surface area contributed by atoms with E-state index in [1.807, 2.05) is 31.2 Å². The molecule has 1 saturated heterocycles. The van der Waals surface area contributed by atoms with Crippen molar-refractivity contribution in [1.29, 1.82) is 0 Å². The minimum Gasteiger partial charge on any atom is -0.494 e. The molecule has 0 aliphatic carbocycles. The molecule has 0 spiro atoms. The number of hydrogen-bond donors (Lipinski definition) is 1. The van der Waals surface area contributed by atoms with Crippen molar-refractivity contribution >= 4 is 0 Å². The van der Waals surface area contributed by atoms with E-state index < -0.39 is 0 Å². The fourth-order valence-electron chi connectivity index (χ4n) is 2.33. The topological polar surface area (TPSA) is 41.9 Å². The Morgan fingerprint density at radius 3 is 2.53 bits per heavy atom. The molecule has 0 bridgehead atoms. The van der Waals surface area contributed by atoms with Crippen molar-refractivity contribution in [3.63, 3.8) is 0 Å². The van der Waals surface area contributed by atoms with Gasteiger partial charge in [-0.1, -0.05) is 0 Å². The fraction of sp³-hybridized carbons (Fsp3) is 0.600. The SMILES string of the molecule is CCOc1ccc(OCCN2CCCC(O)C2)cc1. The minimum absolute atomic E-state index is 0.167. The Bertz CT molecular complexity index is 366. The van der Waals surface area contributed by atoms with E-state index in [0.29, 0.717) is 13.2 Å². The van der Waals surface area contributed by atoms with E-state index >= 15 is 0 Å². The zero-order chi connectivity index (χ0) is 13.5. The third-order valence-corrected chi connectivity index (χ3v) is 3.29. The summed E-state index contributed by atoms with van der Waals surface area (Å²) in [5, 5.41) is 9.58. The molecule has 1 N–H and O–H groups in total. The zero-order valence-corrected chi connectivity index (χ0v) is 11.5. The second-order valence-electron chi connectivity index (χ2n) is 4.85. The number of hydrogen-bond acceptors (Lipinski definition) is 4. The average Bonchev–Trinajstić information content (AvgIpc) is 2.41. The number of nitrogens with zero attached hydrogens (tertiary/aromatic N) is 1. The van der Waals surface area contributed by atoms with Crippen LogP contribution in [-0.2, 0) is 0 Å². The van der Waals surface area contributed by atoms with Crippen LogP contribution in [0.25, 0.3) is 0 Å². The summed E-state index contributed by atoms with van der Waals surface area (Å²) in [6.45, 7) is 6.00. The predicted molar refractivity (Wildman–Crippen MR) is 74.8 cm³/mol. The quantitative estimate of drug-likeness (QED) is 0.853. The smallest absolute Gasteiger partial charge is 0.119 e. The molecule has 1 fully saturated rings. The van der Waals surface area contributed by atoms with Gasteiger partial charge in [0.1, 0.15) is 18.1 Å². The van der Waals surface area contributed by atoms with E-state index in [2.05, 4.69) is 4.90 Å². The highest BCUT2D eigenvalue weighted by Gasteiger charge is 2.16. The van der Waals surface area contributed by atoms with E-state index in [1.54, 1.807) is 0 Å². The summed E-state index contributed by atoms with van der Waals surface area (Å²) in [5.41, 5.74) is 0. The Balaban J connectivity index is 1.70. The van der Waals surface area contributed by atoms with Gasteiger partial charge in [0.15, 0.2) is 0 Å². The van der Waals surface area contributed by atoms with Gasteiger partial charge in [-0.25, -0.2) is 0 Å². The molecule has 4 nitrogen and oxygen atoms in total. The van der Waals surface area contributed by atoms with Gasteiger partial charge in [0, 0.05) is 13.1 Å². The van der Waals surface area contributed by atoms with Gasteiger partial charge in [0.2, 0.25) is 0 Å². The molecule has 1 aliphatic rings. The first kappa shape index (κ1) is 14.2. The van der Waals surface area contributed by atoms with Crippen molar-refractivity contribution in [2.45, 2.75) is 25.9 Å². The molecular weight excluding hydrogens is 242 g/mol. The number of β-amino-alcohol motifs (C(OH)–C–C–N with tert-alkyl or cyclic N) is 1. The molecule has 1 aromatic rings. The maximum absolute atomic E-state index is 9.58. The predicted octanol–water partition coefficient (Wildman–Crippen LogP) is 1.92. The summed E-state index contributed by atoms with van der Waals surface area (Å²) in [6.07, 6.45) is 1.83. The standard InChI is InChI=1S/C15H23NO3/c1-2-18-14-5-7-15(8-6-14)19-11-10-16-9-3-4-13(17)12-16/h5-8,13,17H,2-4,9-12H2,1H3.